The Bertz CT molecular complexity index is 1700. The zero-order chi connectivity index (χ0) is 27.7. The molecule has 0 radical (unpaired) electrons. The summed E-state index contributed by atoms with van der Waals surface area (Å²) in [7, 11) is 0. The normalized spacial score (nSPS) is 14.6. The molecule has 0 spiro atoms. The van der Waals surface area contributed by atoms with Gasteiger partial charge < -0.3 is 4.74 Å². The number of amides is 4. The molecule has 0 aromatic heterocycles. The maximum absolute atomic E-state index is 13.5. The number of rotatable bonds is 6. The highest BCUT2D eigenvalue weighted by Gasteiger charge is 2.37. The number of nitro benzene ring substituents is 1. The molecular formula is C29H20BrN3O6. The summed E-state index contributed by atoms with van der Waals surface area (Å²) >= 11 is 3.41. The van der Waals surface area contributed by atoms with Gasteiger partial charge in [-0.15, -0.1) is 0 Å². The fraction of sp³-hybridized carbons (Fsp3) is 0.0690. The van der Waals surface area contributed by atoms with Gasteiger partial charge in [0.25, 0.3) is 17.5 Å². The molecule has 0 aliphatic carbocycles. The van der Waals surface area contributed by atoms with E-state index >= 15 is 0 Å². The number of nitro groups is 1. The van der Waals surface area contributed by atoms with E-state index < -0.39 is 22.8 Å². The molecule has 0 unspecified atom stereocenters. The summed E-state index contributed by atoms with van der Waals surface area (Å²) in [5.74, 6) is -1.19. The molecule has 1 aliphatic heterocycles. The molecule has 1 aliphatic rings. The minimum absolute atomic E-state index is 0.0308. The van der Waals surface area contributed by atoms with Crippen molar-refractivity contribution in [1.29, 1.82) is 0 Å². The summed E-state index contributed by atoms with van der Waals surface area (Å²) in [5.41, 5.74) is 2.05. The maximum Gasteiger partial charge on any atom is 0.335 e. The number of barbiturate groups is 1. The molecule has 1 N–H and O–H groups in total. The van der Waals surface area contributed by atoms with Gasteiger partial charge in [-0.25, -0.2) is 9.69 Å². The van der Waals surface area contributed by atoms with E-state index in [0.29, 0.717) is 22.6 Å². The number of hydrogen-bond acceptors (Lipinski definition) is 6. The van der Waals surface area contributed by atoms with Crippen molar-refractivity contribution in [3.63, 3.8) is 0 Å². The minimum atomic E-state index is -0.837. The van der Waals surface area contributed by atoms with E-state index in [0.717, 1.165) is 25.7 Å². The van der Waals surface area contributed by atoms with Crippen LogP contribution < -0.4 is 15.0 Å². The first-order valence-corrected chi connectivity index (χ1v) is 12.6. The number of hydrogen-bond donors (Lipinski definition) is 1. The van der Waals surface area contributed by atoms with Gasteiger partial charge in [-0.2, -0.15) is 0 Å². The molecule has 1 saturated heterocycles. The summed E-state index contributed by atoms with van der Waals surface area (Å²) in [5, 5.41) is 14.8. The lowest BCUT2D eigenvalue weighted by Crippen LogP contribution is -2.54. The fourth-order valence-electron chi connectivity index (χ4n) is 4.23. The van der Waals surface area contributed by atoms with E-state index in [2.05, 4.69) is 21.2 Å². The van der Waals surface area contributed by atoms with Gasteiger partial charge >= 0.3 is 6.03 Å². The Labute approximate surface area is 231 Å². The SMILES string of the molecule is Cc1cc(N2C(=O)NC(=O)/C(=C/c3c(OCc4ccc([N+](=O)[O-])cc4)ccc4ccccc34)C2=O)ccc1Br. The van der Waals surface area contributed by atoms with E-state index in [4.69, 9.17) is 4.74 Å². The van der Waals surface area contributed by atoms with Crippen LogP contribution in [0.4, 0.5) is 16.2 Å². The highest BCUT2D eigenvalue weighted by Crippen LogP contribution is 2.33. The summed E-state index contributed by atoms with van der Waals surface area (Å²) < 4.78 is 6.88. The molecule has 0 atom stereocenters. The number of ether oxygens (including phenoxy) is 1. The lowest BCUT2D eigenvalue weighted by molar-refractivity contribution is -0.384. The van der Waals surface area contributed by atoms with Crippen molar-refractivity contribution in [3.8, 4) is 5.75 Å². The highest BCUT2D eigenvalue weighted by atomic mass is 79.9. The third-order valence-corrected chi connectivity index (χ3v) is 7.15. The zero-order valence-corrected chi connectivity index (χ0v) is 22.1. The first kappa shape index (κ1) is 25.8. The average molecular weight is 586 g/mol. The van der Waals surface area contributed by atoms with Crippen LogP contribution in [0.1, 0.15) is 16.7 Å². The minimum Gasteiger partial charge on any atom is -0.488 e. The monoisotopic (exact) mass is 585 g/mol. The van der Waals surface area contributed by atoms with Gasteiger partial charge in [0.2, 0.25) is 0 Å². The zero-order valence-electron chi connectivity index (χ0n) is 20.5. The second kappa shape index (κ2) is 10.5. The van der Waals surface area contributed by atoms with E-state index in [1.807, 2.05) is 37.3 Å². The van der Waals surface area contributed by atoms with Crippen LogP contribution in [-0.2, 0) is 16.2 Å². The summed E-state index contributed by atoms with van der Waals surface area (Å²) in [6, 6.07) is 21.1. The number of nitrogens with zero attached hydrogens (tertiary/aromatic N) is 2. The van der Waals surface area contributed by atoms with Crippen LogP contribution in [0.15, 0.2) is 88.9 Å². The Morgan fingerprint density at radius 3 is 2.46 bits per heavy atom. The molecule has 4 aromatic rings. The molecular weight excluding hydrogens is 566 g/mol. The molecule has 4 amide bonds. The van der Waals surface area contributed by atoms with Gasteiger partial charge in [0, 0.05) is 22.2 Å². The molecule has 9 nitrogen and oxygen atoms in total. The predicted molar refractivity (Wildman–Crippen MR) is 149 cm³/mol. The van der Waals surface area contributed by atoms with Gasteiger partial charge in [0.15, 0.2) is 0 Å². The Balaban J connectivity index is 1.55. The van der Waals surface area contributed by atoms with Gasteiger partial charge in [-0.3, -0.25) is 25.0 Å². The first-order valence-electron chi connectivity index (χ1n) is 11.8. The number of anilines is 1. The van der Waals surface area contributed by atoms with Crippen molar-refractivity contribution in [3.05, 3.63) is 116 Å². The standard InChI is InChI=1S/C29H20BrN3O6/c1-17-14-21(11-12-25(17)30)32-28(35)24(27(34)31-29(32)36)15-23-22-5-3-2-4-19(22)8-13-26(23)39-16-18-6-9-20(10-7-18)33(37)38/h2-15H,16H2,1H3,(H,31,34,36)/b24-15-. The summed E-state index contributed by atoms with van der Waals surface area (Å²) in [6.07, 6.45) is 1.43. The van der Waals surface area contributed by atoms with Gasteiger partial charge in [0.05, 0.1) is 10.6 Å². The lowest BCUT2D eigenvalue weighted by Gasteiger charge is -2.27. The largest absolute Gasteiger partial charge is 0.488 e. The van der Waals surface area contributed by atoms with Crippen molar-refractivity contribution in [2.75, 3.05) is 4.90 Å². The molecule has 0 saturated carbocycles. The quantitative estimate of drug-likeness (QED) is 0.127. The number of fused-ring (bicyclic) bond motifs is 1. The van der Waals surface area contributed by atoms with Crippen LogP contribution in [0.25, 0.3) is 16.8 Å². The number of nitrogens with one attached hydrogen (secondary N) is 1. The fourth-order valence-corrected chi connectivity index (χ4v) is 4.48. The van der Waals surface area contributed by atoms with E-state index in [9.17, 15) is 24.5 Å². The van der Waals surface area contributed by atoms with Crippen molar-refractivity contribution < 1.29 is 24.0 Å². The third-order valence-electron chi connectivity index (χ3n) is 6.26. The number of imide groups is 2. The second-order valence-electron chi connectivity index (χ2n) is 8.80. The number of halogens is 1. The average Bonchev–Trinajstić information content (AvgIpc) is 2.92. The molecule has 10 heteroatoms. The van der Waals surface area contributed by atoms with Crippen LogP contribution in [0, 0.1) is 17.0 Å². The molecule has 1 fully saturated rings. The Kier molecular flexibility index (Phi) is 6.95. The molecule has 194 valence electrons. The second-order valence-corrected chi connectivity index (χ2v) is 9.66. The van der Waals surface area contributed by atoms with Crippen molar-refractivity contribution in [2.24, 2.45) is 0 Å². The van der Waals surface area contributed by atoms with Gasteiger partial charge in [-0.05, 0) is 71.3 Å². The van der Waals surface area contributed by atoms with E-state index in [-0.39, 0.29) is 17.9 Å². The molecule has 4 aromatic carbocycles. The smallest absolute Gasteiger partial charge is 0.335 e. The summed E-state index contributed by atoms with van der Waals surface area (Å²) in [4.78, 5) is 50.5. The Hall–Kier alpha value is -4.83. The number of benzene rings is 4. The van der Waals surface area contributed by atoms with Crippen LogP contribution in [-0.4, -0.2) is 22.8 Å². The lowest BCUT2D eigenvalue weighted by atomic mass is 9.99. The molecule has 5 rings (SSSR count). The molecule has 39 heavy (non-hydrogen) atoms. The topological polar surface area (TPSA) is 119 Å². The van der Waals surface area contributed by atoms with Crippen LogP contribution in [0.5, 0.6) is 5.75 Å². The van der Waals surface area contributed by atoms with Crippen LogP contribution >= 0.6 is 15.9 Å². The number of carbonyl (C=O) groups excluding carboxylic acids is 3. The predicted octanol–water partition coefficient (Wildman–Crippen LogP) is 6.06. The number of carbonyl (C=O) groups is 3. The number of urea groups is 1. The van der Waals surface area contributed by atoms with Gasteiger partial charge in [0.1, 0.15) is 17.9 Å². The molecule has 1 heterocycles. The highest BCUT2D eigenvalue weighted by molar-refractivity contribution is 9.10. The molecule has 0 bridgehead atoms. The summed E-state index contributed by atoms with van der Waals surface area (Å²) in [6.45, 7) is 1.92. The van der Waals surface area contributed by atoms with E-state index in [1.54, 1.807) is 36.4 Å². The van der Waals surface area contributed by atoms with Crippen molar-refractivity contribution in [1.82, 2.24) is 5.32 Å². The van der Waals surface area contributed by atoms with Gasteiger partial charge in [-0.1, -0.05) is 46.3 Å². The maximum atomic E-state index is 13.5. The van der Waals surface area contributed by atoms with E-state index in [1.165, 1.54) is 18.2 Å². The number of aryl methyl sites for hydroxylation is 1. The van der Waals surface area contributed by atoms with Crippen molar-refractivity contribution in [2.45, 2.75) is 13.5 Å². The van der Waals surface area contributed by atoms with Crippen LogP contribution in [0.3, 0.4) is 0 Å². The Morgan fingerprint density at radius 2 is 1.74 bits per heavy atom. The van der Waals surface area contributed by atoms with Crippen LogP contribution in [0.2, 0.25) is 0 Å². The third kappa shape index (κ3) is 5.14. The van der Waals surface area contributed by atoms with Crippen molar-refractivity contribution >= 4 is 62.0 Å². The first-order chi connectivity index (χ1) is 18.7. The Morgan fingerprint density at radius 1 is 1.00 bits per heavy atom. The number of non-ortho nitro benzene ring substituents is 1.